The Morgan fingerprint density at radius 1 is 0.881 bits per heavy atom. The number of hydrogen-bond acceptors (Lipinski definition) is 6. The number of carboxylic acids is 1. The molecule has 0 radical (unpaired) electrons. The third-order valence-corrected chi connectivity index (χ3v) is 7.22. The molecule has 9 heteroatoms. The van der Waals surface area contributed by atoms with Gasteiger partial charge in [0.1, 0.15) is 28.4 Å². The van der Waals surface area contributed by atoms with Gasteiger partial charge in [-0.15, -0.1) is 5.10 Å². The first-order valence-electron chi connectivity index (χ1n) is 13.7. The number of amides is 1. The second kappa shape index (κ2) is 11.6. The summed E-state index contributed by atoms with van der Waals surface area (Å²) >= 11 is 0. The zero-order valence-electron chi connectivity index (χ0n) is 22.7. The summed E-state index contributed by atoms with van der Waals surface area (Å²) in [6.07, 6.45) is 4.61. The van der Waals surface area contributed by atoms with Crippen LogP contribution in [-0.4, -0.2) is 37.1 Å². The zero-order chi connectivity index (χ0) is 29.1. The van der Waals surface area contributed by atoms with Gasteiger partial charge in [0.15, 0.2) is 0 Å². The van der Waals surface area contributed by atoms with Crippen molar-refractivity contribution in [2.75, 3.05) is 5.32 Å². The molecule has 4 aromatic carbocycles. The molecule has 9 nitrogen and oxygen atoms in total. The molecule has 0 spiro atoms. The minimum atomic E-state index is -1.24. The predicted molar refractivity (Wildman–Crippen MR) is 160 cm³/mol. The second-order valence-corrected chi connectivity index (χ2v) is 10.1. The van der Waals surface area contributed by atoms with Gasteiger partial charge >= 0.3 is 5.97 Å². The first-order valence-corrected chi connectivity index (χ1v) is 13.7. The van der Waals surface area contributed by atoms with Crippen LogP contribution in [0.1, 0.15) is 36.0 Å². The van der Waals surface area contributed by atoms with Crippen LogP contribution < -0.4 is 5.32 Å². The Morgan fingerprint density at radius 2 is 1.67 bits per heavy atom. The standard InChI is InChI=1S/C33H28N4O5/c38-28-19-29-25(18-24(28)33(40)41)31(32(42-29)22-11-3-1-4-12-22)27-20-37(36-35-27)17-8-2-5-16-30(39)34-26-15-9-13-21-10-6-7-14-23(21)26/h1,3-4,6-7,9-15,18-20,38H,2,5,8,16-17H2,(H,34,39)(H,40,41). The summed E-state index contributed by atoms with van der Waals surface area (Å²) in [5.74, 6) is -1.11. The molecule has 3 N–H and O–H groups in total. The number of furan rings is 1. The smallest absolute Gasteiger partial charge is 0.339 e. The Bertz CT molecular complexity index is 1900. The summed E-state index contributed by atoms with van der Waals surface area (Å²) in [5, 5.41) is 34.1. The van der Waals surface area contributed by atoms with Crippen LogP contribution in [0, 0.1) is 0 Å². The van der Waals surface area contributed by atoms with Gasteiger partial charge in [0.2, 0.25) is 5.91 Å². The topological polar surface area (TPSA) is 130 Å². The lowest BCUT2D eigenvalue weighted by Crippen LogP contribution is -2.11. The fraction of sp³-hybridized carbons (Fsp3) is 0.152. The molecule has 42 heavy (non-hydrogen) atoms. The number of carbonyl (C=O) groups is 2. The number of nitrogens with one attached hydrogen (secondary N) is 1. The van der Waals surface area contributed by atoms with Crippen LogP contribution >= 0.6 is 0 Å². The highest BCUT2D eigenvalue weighted by molar-refractivity contribution is 6.05. The molecule has 0 bridgehead atoms. The maximum atomic E-state index is 12.6. The quantitative estimate of drug-likeness (QED) is 0.152. The van der Waals surface area contributed by atoms with Crippen molar-refractivity contribution in [3.8, 4) is 28.3 Å². The molecule has 2 aromatic heterocycles. The molecule has 0 saturated carbocycles. The number of nitrogens with zero attached hydrogens (tertiary/aromatic N) is 3. The van der Waals surface area contributed by atoms with E-state index in [1.54, 1.807) is 10.9 Å². The largest absolute Gasteiger partial charge is 0.507 e. The predicted octanol–water partition coefficient (Wildman–Crippen LogP) is 7.11. The lowest BCUT2D eigenvalue weighted by atomic mass is 10.0. The minimum Gasteiger partial charge on any atom is -0.507 e. The van der Waals surface area contributed by atoms with E-state index in [2.05, 4.69) is 15.6 Å². The van der Waals surface area contributed by atoms with E-state index in [1.807, 2.05) is 72.8 Å². The molecule has 0 fully saturated rings. The molecule has 0 saturated heterocycles. The number of rotatable bonds is 10. The number of aryl methyl sites for hydroxylation is 1. The number of phenols is 1. The van der Waals surface area contributed by atoms with Gasteiger partial charge in [0, 0.05) is 41.1 Å². The van der Waals surface area contributed by atoms with Crippen molar-refractivity contribution in [1.29, 1.82) is 0 Å². The third kappa shape index (κ3) is 5.44. The van der Waals surface area contributed by atoms with Crippen molar-refractivity contribution in [3.63, 3.8) is 0 Å². The SMILES string of the molecule is O=C(CCCCCn1cc(-c2c(-c3ccccc3)oc3cc(O)c(C(=O)O)cc23)nn1)Nc1cccc2ccccc12. The number of benzene rings is 4. The van der Waals surface area contributed by atoms with Crippen LogP contribution in [0.5, 0.6) is 5.75 Å². The fourth-order valence-electron chi connectivity index (χ4n) is 5.16. The summed E-state index contributed by atoms with van der Waals surface area (Å²) in [4.78, 5) is 24.3. The van der Waals surface area contributed by atoms with Crippen LogP contribution in [0.2, 0.25) is 0 Å². The van der Waals surface area contributed by atoms with E-state index in [0.29, 0.717) is 41.0 Å². The van der Waals surface area contributed by atoms with Crippen molar-refractivity contribution in [3.05, 3.63) is 96.7 Å². The number of anilines is 1. The number of aromatic hydroxyl groups is 1. The number of aromatic carboxylic acids is 1. The number of carbonyl (C=O) groups excluding carboxylic acids is 1. The van der Waals surface area contributed by atoms with E-state index in [4.69, 9.17) is 4.42 Å². The third-order valence-electron chi connectivity index (χ3n) is 7.22. The fourth-order valence-corrected chi connectivity index (χ4v) is 5.16. The van der Waals surface area contributed by atoms with Crippen molar-refractivity contribution < 1.29 is 24.2 Å². The van der Waals surface area contributed by atoms with Crippen LogP contribution in [0.3, 0.4) is 0 Å². The molecule has 0 aliphatic carbocycles. The molecule has 0 unspecified atom stereocenters. The van der Waals surface area contributed by atoms with Crippen molar-refractivity contribution >= 4 is 39.3 Å². The maximum Gasteiger partial charge on any atom is 0.339 e. The van der Waals surface area contributed by atoms with Gasteiger partial charge in [0.05, 0.1) is 11.8 Å². The highest BCUT2D eigenvalue weighted by atomic mass is 16.4. The molecule has 6 aromatic rings. The van der Waals surface area contributed by atoms with E-state index in [0.717, 1.165) is 41.3 Å². The van der Waals surface area contributed by atoms with E-state index in [-0.39, 0.29) is 17.2 Å². The Balaban J connectivity index is 1.13. The van der Waals surface area contributed by atoms with E-state index >= 15 is 0 Å². The molecular formula is C33H28N4O5. The summed E-state index contributed by atoms with van der Waals surface area (Å²) in [7, 11) is 0. The van der Waals surface area contributed by atoms with Gasteiger partial charge in [-0.3, -0.25) is 9.48 Å². The Morgan fingerprint density at radius 3 is 2.50 bits per heavy atom. The van der Waals surface area contributed by atoms with Gasteiger partial charge in [-0.1, -0.05) is 78.4 Å². The molecular weight excluding hydrogens is 532 g/mol. The number of carboxylic acid groups (broad SMARTS) is 1. The van der Waals surface area contributed by atoms with Crippen LogP contribution in [0.4, 0.5) is 5.69 Å². The highest BCUT2D eigenvalue weighted by Gasteiger charge is 2.23. The van der Waals surface area contributed by atoms with E-state index < -0.39 is 5.97 Å². The van der Waals surface area contributed by atoms with Crippen LogP contribution in [0.15, 0.2) is 95.5 Å². The van der Waals surface area contributed by atoms with Gasteiger partial charge in [-0.25, -0.2) is 4.79 Å². The van der Waals surface area contributed by atoms with Gasteiger partial charge in [0.25, 0.3) is 0 Å². The number of unbranched alkanes of at least 4 members (excludes halogenated alkanes) is 2. The monoisotopic (exact) mass is 560 g/mol. The highest BCUT2D eigenvalue weighted by Crippen LogP contribution is 2.42. The van der Waals surface area contributed by atoms with Crippen molar-refractivity contribution in [1.82, 2.24) is 15.0 Å². The molecule has 6 rings (SSSR count). The van der Waals surface area contributed by atoms with Crippen LogP contribution in [-0.2, 0) is 11.3 Å². The second-order valence-electron chi connectivity index (χ2n) is 10.1. The van der Waals surface area contributed by atoms with Crippen LogP contribution in [0.25, 0.3) is 44.3 Å². The Labute approximate surface area is 241 Å². The minimum absolute atomic E-state index is 0.0126. The van der Waals surface area contributed by atoms with Gasteiger partial charge < -0.3 is 19.9 Å². The first kappa shape index (κ1) is 26.8. The molecule has 1 amide bonds. The average molecular weight is 561 g/mol. The first-order chi connectivity index (χ1) is 20.5. The molecule has 0 atom stereocenters. The summed E-state index contributed by atoms with van der Waals surface area (Å²) in [5.41, 5.74) is 2.87. The number of fused-ring (bicyclic) bond motifs is 2. The van der Waals surface area contributed by atoms with Crippen molar-refractivity contribution in [2.24, 2.45) is 0 Å². The summed E-state index contributed by atoms with van der Waals surface area (Å²) in [6.45, 7) is 0.607. The number of hydrogen-bond donors (Lipinski definition) is 3. The lowest BCUT2D eigenvalue weighted by molar-refractivity contribution is -0.116. The summed E-state index contributed by atoms with van der Waals surface area (Å²) in [6, 6.07) is 26.0. The molecule has 0 aliphatic heterocycles. The normalized spacial score (nSPS) is 11.2. The molecule has 0 aliphatic rings. The number of aromatic nitrogens is 3. The maximum absolute atomic E-state index is 12.6. The Hall–Kier alpha value is -5.44. The average Bonchev–Trinajstić information content (AvgIpc) is 3.61. The Kier molecular flexibility index (Phi) is 7.38. The van der Waals surface area contributed by atoms with E-state index in [9.17, 15) is 19.8 Å². The zero-order valence-corrected chi connectivity index (χ0v) is 22.7. The van der Waals surface area contributed by atoms with Gasteiger partial charge in [-0.2, -0.15) is 0 Å². The summed E-state index contributed by atoms with van der Waals surface area (Å²) < 4.78 is 7.83. The van der Waals surface area contributed by atoms with Gasteiger partial charge in [-0.05, 0) is 30.4 Å². The lowest BCUT2D eigenvalue weighted by Gasteiger charge is -2.08. The molecule has 2 heterocycles. The molecule has 210 valence electrons. The van der Waals surface area contributed by atoms with Crippen molar-refractivity contribution in [2.45, 2.75) is 32.2 Å². The van der Waals surface area contributed by atoms with E-state index in [1.165, 1.54) is 12.1 Å².